The predicted octanol–water partition coefficient (Wildman–Crippen LogP) is 2.14. The molecule has 0 atom stereocenters. The molecule has 0 aromatic carbocycles. The molecule has 14 heavy (non-hydrogen) atoms. The molecule has 2 N–H and O–H groups in total. The largest absolute Gasteiger partial charge is 0.477 e. The van der Waals surface area contributed by atoms with Gasteiger partial charge in [0, 0.05) is 6.20 Å². The van der Waals surface area contributed by atoms with E-state index in [1.165, 1.54) is 11.3 Å². The predicted molar refractivity (Wildman–Crippen MR) is 53.6 cm³/mol. The van der Waals surface area contributed by atoms with Gasteiger partial charge in [0.1, 0.15) is 5.69 Å². The van der Waals surface area contributed by atoms with Crippen LogP contribution in [0.5, 0.6) is 0 Å². The van der Waals surface area contributed by atoms with Crippen molar-refractivity contribution in [2.45, 2.75) is 6.92 Å². The van der Waals surface area contributed by atoms with Crippen molar-refractivity contribution >= 4 is 17.3 Å². The molecule has 0 amide bonds. The van der Waals surface area contributed by atoms with Crippen LogP contribution in [0.2, 0.25) is 0 Å². The lowest BCUT2D eigenvalue weighted by Crippen LogP contribution is -1.95. The summed E-state index contributed by atoms with van der Waals surface area (Å²) in [6.45, 7) is 1.91. The van der Waals surface area contributed by atoms with Gasteiger partial charge in [0.2, 0.25) is 0 Å². The van der Waals surface area contributed by atoms with Crippen LogP contribution in [0.25, 0.3) is 10.6 Å². The first kappa shape index (κ1) is 8.96. The molecular weight excluding hydrogens is 200 g/mol. The van der Waals surface area contributed by atoms with Crippen molar-refractivity contribution in [2.24, 2.45) is 0 Å². The number of aryl methyl sites for hydroxylation is 1. The van der Waals surface area contributed by atoms with E-state index in [1.54, 1.807) is 18.3 Å². The van der Waals surface area contributed by atoms with Gasteiger partial charge in [-0.05, 0) is 19.1 Å². The molecule has 0 unspecified atom stereocenters. The molecule has 5 heteroatoms. The zero-order valence-electron chi connectivity index (χ0n) is 7.44. The minimum Gasteiger partial charge on any atom is -0.477 e. The van der Waals surface area contributed by atoms with Crippen LogP contribution in [0.3, 0.4) is 0 Å². The lowest BCUT2D eigenvalue weighted by atomic mass is 10.4. The Balaban J connectivity index is 2.38. The number of aromatic amines is 1. The van der Waals surface area contributed by atoms with Crippen LogP contribution in [0.4, 0.5) is 0 Å². The first-order chi connectivity index (χ1) is 6.66. The van der Waals surface area contributed by atoms with E-state index in [9.17, 15) is 4.79 Å². The molecule has 0 fully saturated rings. The quantitative estimate of drug-likeness (QED) is 0.794. The summed E-state index contributed by atoms with van der Waals surface area (Å²) in [5, 5.41) is 9.67. The highest BCUT2D eigenvalue weighted by atomic mass is 32.1. The number of thiazole rings is 1. The molecule has 0 aliphatic carbocycles. The highest BCUT2D eigenvalue weighted by molar-refractivity contribution is 7.15. The Bertz CT molecular complexity index is 473. The number of hydrogen-bond donors (Lipinski definition) is 2. The minimum absolute atomic E-state index is 0.200. The highest BCUT2D eigenvalue weighted by Crippen LogP contribution is 2.24. The van der Waals surface area contributed by atoms with Gasteiger partial charge in [-0.25, -0.2) is 9.78 Å². The molecule has 2 rings (SSSR count). The number of rotatable bonds is 2. The van der Waals surface area contributed by atoms with Crippen LogP contribution in [0, 0.1) is 6.92 Å². The third kappa shape index (κ3) is 1.54. The Morgan fingerprint density at radius 2 is 2.36 bits per heavy atom. The van der Waals surface area contributed by atoms with Gasteiger partial charge in [0.15, 0.2) is 0 Å². The molecule has 0 radical (unpaired) electrons. The first-order valence-electron chi connectivity index (χ1n) is 4.02. The summed E-state index contributed by atoms with van der Waals surface area (Å²) >= 11 is 1.53. The summed E-state index contributed by atoms with van der Waals surface area (Å²) in [4.78, 5) is 18.5. The fraction of sp³-hybridized carbons (Fsp3) is 0.111. The number of hydrogen-bond acceptors (Lipinski definition) is 3. The molecule has 2 aromatic rings. The van der Waals surface area contributed by atoms with Crippen molar-refractivity contribution in [3.05, 3.63) is 29.0 Å². The summed E-state index contributed by atoms with van der Waals surface area (Å²) in [6, 6.07) is 3.29. The number of nitrogens with one attached hydrogen (secondary N) is 1. The van der Waals surface area contributed by atoms with E-state index in [2.05, 4.69) is 9.97 Å². The smallest absolute Gasteiger partial charge is 0.352 e. The van der Waals surface area contributed by atoms with Gasteiger partial charge in [-0.2, -0.15) is 0 Å². The van der Waals surface area contributed by atoms with Crippen molar-refractivity contribution < 1.29 is 9.90 Å². The second-order valence-electron chi connectivity index (χ2n) is 2.83. The maximum absolute atomic E-state index is 10.6. The Kier molecular flexibility index (Phi) is 2.09. The standard InChI is InChI=1S/C9H8N2O2S/c1-5-10-4-8(14-5)6-2-3-7(11-6)9(12)13/h2-4,11H,1H3,(H,12,13). The summed E-state index contributed by atoms with van der Waals surface area (Å²) in [5.74, 6) is -0.947. The first-order valence-corrected chi connectivity index (χ1v) is 4.83. The molecule has 0 saturated heterocycles. The Hall–Kier alpha value is -1.62. The van der Waals surface area contributed by atoms with Crippen LogP contribution in [-0.4, -0.2) is 21.0 Å². The summed E-state index contributed by atoms with van der Waals surface area (Å²) in [5.41, 5.74) is 0.999. The van der Waals surface area contributed by atoms with E-state index < -0.39 is 5.97 Å². The zero-order valence-corrected chi connectivity index (χ0v) is 8.26. The van der Waals surface area contributed by atoms with Gasteiger partial charge in [-0.15, -0.1) is 11.3 Å². The maximum Gasteiger partial charge on any atom is 0.352 e. The van der Waals surface area contributed by atoms with Gasteiger partial charge >= 0.3 is 5.97 Å². The van der Waals surface area contributed by atoms with E-state index in [0.29, 0.717) is 0 Å². The molecule has 2 aromatic heterocycles. The molecule has 4 nitrogen and oxygen atoms in total. The number of carboxylic acids is 1. The molecule has 0 aliphatic heterocycles. The van der Waals surface area contributed by atoms with Crippen LogP contribution in [-0.2, 0) is 0 Å². The van der Waals surface area contributed by atoms with Crippen molar-refractivity contribution in [1.29, 1.82) is 0 Å². The van der Waals surface area contributed by atoms with Crippen molar-refractivity contribution in [3.8, 4) is 10.6 Å². The summed E-state index contributed by atoms with van der Waals surface area (Å²) in [6.07, 6.45) is 1.73. The molecule has 2 heterocycles. The minimum atomic E-state index is -0.947. The molecule has 72 valence electrons. The highest BCUT2D eigenvalue weighted by Gasteiger charge is 2.08. The molecule has 0 bridgehead atoms. The zero-order chi connectivity index (χ0) is 10.1. The number of aromatic carboxylic acids is 1. The number of aromatic nitrogens is 2. The van der Waals surface area contributed by atoms with Crippen LogP contribution in [0.15, 0.2) is 18.3 Å². The topological polar surface area (TPSA) is 66.0 Å². The molecule has 0 aliphatic rings. The van der Waals surface area contributed by atoms with Gasteiger partial charge in [0.25, 0.3) is 0 Å². The van der Waals surface area contributed by atoms with Crippen molar-refractivity contribution in [2.75, 3.05) is 0 Å². The third-order valence-electron chi connectivity index (χ3n) is 1.80. The van der Waals surface area contributed by atoms with E-state index in [0.717, 1.165) is 15.6 Å². The van der Waals surface area contributed by atoms with E-state index >= 15 is 0 Å². The summed E-state index contributed by atoms with van der Waals surface area (Å²) < 4.78 is 0. The third-order valence-corrected chi connectivity index (χ3v) is 2.75. The van der Waals surface area contributed by atoms with Crippen LogP contribution >= 0.6 is 11.3 Å². The fourth-order valence-corrected chi connectivity index (χ4v) is 1.91. The van der Waals surface area contributed by atoms with Crippen LogP contribution in [0.1, 0.15) is 15.5 Å². The fourth-order valence-electron chi connectivity index (χ4n) is 1.15. The van der Waals surface area contributed by atoms with Crippen molar-refractivity contribution in [3.63, 3.8) is 0 Å². The maximum atomic E-state index is 10.6. The van der Waals surface area contributed by atoms with Gasteiger partial charge in [-0.3, -0.25) is 0 Å². The number of H-pyrrole nitrogens is 1. The van der Waals surface area contributed by atoms with Gasteiger partial charge in [0.05, 0.1) is 15.6 Å². The Morgan fingerprint density at radius 3 is 2.86 bits per heavy atom. The Labute approximate surface area is 84.2 Å². The molecule has 0 saturated carbocycles. The SMILES string of the molecule is Cc1ncc(-c2ccc(C(=O)O)[nH]2)s1. The molecular formula is C9H8N2O2S. The number of carbonyl (C=O) groups is 1. The van der Waals surface area contributed by atoms with Gasteiger partial charge in [-0.1, -0.05) is 0 Å². The van der Waals surface area contributed by atoms with E-state index in [-0.39, 0.29) is 5.69 Å². The lowest BCUT2D eigenvalue weighted by molar-refractivity contribution is 0.0691. The summed E-state index contributed by atoms with van der Waals surface area (Å²) in [7, 11) is 0. The lowest BCUT2D eigenvalue weighted by Gasteiger charge is -1.89. The number of carboxylic acid groups (broad SMARTS) is 1. The Morgan fingerprint density at radius 1 is 1.57 bits per heavy atom. The average molecular weight is 208 g/mol. The average Bonchev–Trinajstić information content (AvgIpc) is 2.70. The van der Waals surface area contributed by atoms with Crippen molar-refractivity contribution in [1.82, 2.24) is 9.97 Å². The second-order valence-corrected chi connectivity index (χ2v) is 4.07. The molecule has 0 spiro atoms. The van der Waals surface area contributed by atoms with Crippen LogP contribution < -0.4 is 0 Å². The second kappa shape index (κ2) is 3.26. The van der Waals surface area contributed by atoms with E-state index in [1.807, 2.05) is 6.92 Å². The van der Waals surface area contributed by atoms with Gasteiger partial charge < -0.3 is 10.1 Å². The number of nitrogens with zero attached hydrogens (tertiary/aromatic N) is 1. The normalized spacial score (nSPS) is 10.4. The monoisotopic (exact) mass is 208 g/mol. The van der Waals surface area contributed by atoms with E-state index in [4.69, 9.17) is 5.11 Å².